The van der Waals surface area contributed by atoms with Gasteiger partial charge in [0.05, 0.1) is 11.9 Å². The van der Waals surface area contributed by atoms with E-state index in [1.165, 1.54) is 6.20 Å². The second-order valence-electron chi connectivity index (χ2n) is 4.87. The van der Waals surface area contributed by atoms with Crippen LogP contribution in [-0.2, 0) is 0 Å². The van der Waals surface area contributed by atoms with Crippen LogP contribution in [0.4, 0.5) is 15.6 Å². The fourth-order valence-electron chi connectivity index (χ4n) is 1.94. The third-order valence-electron chi connectivity index (χ3n) is 3.17. The zero-order valence-electron chi connectivity index (χ0n) is 13.1. The van der Waals surface area contributed by atoms with E-state index in [0.29, 0.717) is 27.8 Å². The zero-order valence-corrected chi connectivity index (χ0v) is 13.9. The van der Waals surface area contributed by atoms with Crippen molar-refractivity contribution in [2.75, 3.05) is 17.2 Å². The van der Waals surface area contributed by atoms with E-state index in [1.54, 1.807) is 26.0 Å². The van der Waals surface area contributed by atoms with Gasteiger partial charge in [-0.25, -0.2) is 9.78 Å². The number of nitrogens with one attached hydrogen (secondary N) is 3. The van der Waals surface area contributed by atoms with Gasteiger partial charge in [0, 0.05) is 12.1 Å². The number of hydrogen-bond donors (Lipinski definition) is 4. The number of hydrogen-bond acceptors (Lipinski definition) is 5. The van der Waals surface area contributed by atoms with Gasteiger partial charge in [-0.15, -0.1) is 0 Å². The van der Waals surface area contributed by atoms with E-state index in [2.05, 4.69) is 20.9 Å². The molecule has 0 aliphatic carbocycles. The van der Waals surface area contributed by atoms with Crippen LogP contribution >= 0.6 is 11.3 Å². The highest BCUT2D eigenvalue weighted by Gasteiger charge is 2.15. The lowest BCUT2D eigenvalue weighted by atomic mass is 10.1. The first-order chi connectivity index (χ1) is 10.9. The second kappa shape index (κ2) is 7.10. The molecule has 0 saturated carbocycles. The molecule has 0 unspecified atom stereocenters. The number of aromatic hydroxyl groups is 1. The number of urea groups is 1. The molecule has 4 N–H and O–H groups in total. The van der Waals surface area contributed by atoms with Gasteiger partial charge in [0.2, 0.25) is 0 Å². The van der Waals surface area contributed by atoms with Crippen LogP contribution in [0.25, 0.3) is 0 Å². The third-order valence-corrected chi connectivity index (χ3v) is 4.08. The molecule has 2 aromatic rings. The quantitative estimate of drug-likeness (QED) is 0.690. The highest BCUT2D eigenvalue weighted by molar-refractivity contribution is 7.17. The molecule has 122 valence electrons. The molecular weight excluding hydrogens is 316 g/mol. The minimum Gasteiger partial charge on any atom is -0.508 e. The maximum absolute atomic E-state index is 12.3. The number of aromatic nitrogens is 1. The predicted molar refractivity (Wildman–Crippen MR) is 90.3 cm³/mol. The zero-order chi connectivity index (χ0) is 17.0. The maximum atomic E-state index is 12.3. The normalized spacial score (nSPS) is 10.2. The summed E-state index contributed by atoms with van der Waals surface area (Å²) in [6, 6.07) is 2.95. The molecule has 0 saturated heterocycles. The van der Waals surface area contributed by atoms with Gasteiger partial charge in [0.25, 0.3) is 5.91 Å². The Labute approximate surface area is 137 Å². The van der Waals surface area contributed by atoms with Crippen LogP contribution in [0.15, 0.2) is 18.3 Å². The largest absolute Gasteiger partial charge is 0.508 e. The van der Waals surface area contributed by atoms with Gasteiger partial charge in [0.15, 0.2) is 5.13 Å². The lowest BCUT2D eigenvalue weighted by Crippen LogP contribution is -2.28. The van der Waals surface area contributed by atoms with E-state index in [0.717, 1.165) is 16.9 Å². The Bertz CT molecular complexity index is 742. The van der Waals surface area contributed by atoms with Crippen molar-refractivity contribution in [3.63, 3.8) is 0 Å². The topological polar surface area (TPSA) is 103 Å². The monoisotopic (exact) mass is 334 g/mol. The van der Waals surface area contributed by atoms with Crippen molar-refractivity contribution < 1.29 is 14.7 Å². The van der Waals surface area contributed by atoms with Crippen LogP contribution < -0.4 is 16.0 Å². The highest BCUT2D eigenvalue weighted by atomic mass is 32.1. The number of benzene rings is 1. The van der Waals surface area contributed by atoms with Crippen LogP contribution in [0.5, 0.6) is 5.75 Å². The van der Waals surface area contributed by atoms with Crippen LogP contribution in [0.3, 0.4) is 0 Å². The maximum Gasteiger partial charge on any atom is 0.321 e. The Morgan fingerprint density at radius 2 is 2.00 bits per heavy atom. The third kappa shape index (κ3) is 3.98. The van der Waals surface area contributed by atoms with Gasteiger partial charge in [-0.3, -0.25) is 10.1 Å². The summed E-state index contributed by atoms with van der Waals surface area (Å²) in [7, 11) is 0. The predicted octanol–water partition coefficient (Wildman–Crippen LogP) is 2.86. The van der Waals surface area contributed by atoms with E-state index in [1.807, 2.05) is 6.92 Å². The molecule has 0 bridgehead atoms. The summed E-state index contributed by atoms with van der Waals surface area (Å²) in [4.78, 5) is 28.1. The molecule has 0 radical (unpaired) electrons. The van der Waals surface area contributed by atoms with E-state index < -0.39 is 0 Å². The van der Waals surface area contributed by atoms with Crippen molar-refractivity contribution >= 4 is 34.1 Å². The van der Waals surface area contributed by atoms with Crippen molar-refractivity contribution in [1.29, 1.82) is 0 Å². The first kappa shape index (κ1) is 16.8. The summed E-state index contributed by atoms with van der Waals surface area (Å²) in [5.41, 5.74) is 2.02. The molecule has 0 atom stereocenters. The number of carbonyl (C=O) groups excluding carboxylic acids is 2. The fraction of sp³-hybridized carbons (Fsp3) is 0.267. The molecule has 3 amide bonds. The van der Waals surface area contributed by atoms with Gasteiger partial charge < -0.3 is 15.7 Å². The Balaban J connectivity index is 2.12. The molecule has 1 aromatic heterocycles. The van der Waals surface area contributed by atoms with E-state index >= 15 is 0 Å². The number of thiazole rings is 1. The summed E-state index contributed by atoms with van der Waals surface area (Å²) in [5, 5.41) is 18.0. The Morgan fingerprint density at radius 1 is 1.26 bits per heavy atom. The molecule has 1 aromatic carbocycles. The first-order valence-corrected chi connectivity index (χ1v) is 7.85. The molecular formula is C15H18N4O3S. The standard InChI is InChI=1S/C15H18N4O3S/c1-4-16-14(22)19-15-17-7-11(23-15)13(21)18-12-8(2)5-6-10(20)9(12)3/h5-7,20H,4H2,1-3H3,(H,18,21)(H2,16,17,19,22). The number of phenols is 1. The molecule has 0 spiro atoms. The molecule has 7 nitrogen and oxygen atoms in total. The smallest absolute Gasteiger partial charge is 0.321 e. The summed E-state index contributed by atoms with van der Waals surface area (Å²) < 4.78 is 0. The lowest BCUT2D eigenvalue weighted by molar-refractivity contribution is 0.103. The van der Waals surface area contributed by atoms with Gasteiger partial charge >= 0.3 is 6.03 Å². The van der Waals surface area contributed by atoms with E-state index in [-0.39, 0.29) is 17.7 Å². The summed E-state index contributed by atoms with van der Waals surface area (Å²) in [6.45, 7) is 5.88. The van der Waals surface area contributed by atoms with Crippen molar-refractivity contribution in [1.82, 2.24) is 10.3 Å². The molecule has 1 heterocycles. The number of aryl methyl sites for hydroxylation is 1. The highest BCUT2D eigenvalue weighted by Crippen LogP contribution is 2.29. The van der Waals surface area contributed by atoms with Crippen molar-refractivity contribution in [2.45, 2.75) is 20.8 Å². The van der Waals surface area contributed by atoms with Gasteiger partial charge in [-0.1, -0.05) is 17.4 Å². The van der Waals surface area contributed by atoms with E-state index in [9.17, 15) is 14.7 Å². The van der Waals surface area contributed by atoms with Crippen LogP contribution in [0, 0.1) is 13.8 Å². The summed E-state index contributed by atoms with van der Waals surface area (Å²) in [6.07, 6.45) is 1.40. The molecule has 0 aliphatic heterocycles. The number of anilines is 2. The number of amides is 3. The summed E-state index contributed by atoms with van der Waals surface area (Å²) in [5.74, 6) is -0.225. The fourth-order valence-corrected chi connectivity index (χ4v) is 2.65. The Morgan fingerprint density at radius 3 is 2.70 bits per heavy atom. The minimum atomic E-state index is -0.367. The average molecular weight is 334 g/mol. The van der Waals surface area contributed by atoms with Crippen LogP contribution in [-0.4, -0.2) is 28.6 Å². The number of rotatable bonds is 4. The van der Waals surface area contributed by atoms with Crippen molar-refractivity contribution in [3.8, 4) is 5.75 Å². The molecule has 2 rings (SSSR count). The minimum absolute atomic E-state index is 0.119. The Kier molecular flexibility index (Phi) is 5.17. The number of carbonyl (C=O) groups is 2. The summed E-state index contributed by atoms with van der Waals surface area (Å²) >= 11 is 1.07. The lowest BCUT2D eigenvalue weighted by Gasteiger charge is -2.11. The number of phenolic OH excluding ortho intramolecular Hbond substituents is 1. The molecule has 23 heavy (non-hydrogen) atoms. The van der Waals surface area contributed by atoms with Crippen molar-refractivity contribution in [2.24, 2.45) is 0 Å². The average Bonchev–Trinajstić information content (AvgIpc) is 2.96. The molecule has 0 fully saturated rings. The van der Waals surface area contributed by atoms with Gasteiger partial charge in [-0.2, -0.15) is 0 Å². The van der Waals surface area contributed by atoms with Crippen LogP contribution in [0.1, 0.15) is 27.7 Å². The second-order valence-corrected chi connectivity index (χ2v) is 5.90. The molecule has 0 aliphatic rings. The number of nitrogens with zero attached hydrogens (tertiary/aromatic N) is 1. The van der Waals surface area contributed by atoms with Gasteiger partial charge in [0.1, 0.15) is 10.6 Å². The Hall–Kier alpha value is -2.61. The van der Waals surface area contributed by atoms with Crippen molar-refractivity contribution in [3.05, 3.63) is 34.3 Å². The SMILES string of the molecule is CCNC(=O)Nc1ncc(C(=O)Nc2c(C)ccc(O)c2C)s1. The van der Waals surface area contributed by atoms with Gasteiger partial charge in [-0.05, 0) is 32.4 Å². The van der Waals surface area contributed by atoms with E-state index in [4.69, 9.17) is 0 Å². The molecule has 8 heteroatoms. The van der Waals surface area contributed by atoms with Crippen LogP contribution in [0.2, 0.25) is 0 Å². The first-order valence-electron chi connectivity index (χ1n) is 7.03.